The minimum absolute atomic E-state index is 0. The van der Waals surface area contributed by atoms with E-state index in [2.05, 4.69) is 22.3 Å². The molecule has 10 heteroatoms. The summed E-state index contributed by atoms with van der Waals surface area (Å²) in [5, 5.41) is 7.46. The summed E-state index contributed by atoms with van der Waals surface area (Å²) in [6, 6.07) is 3.87. The molecule has 1 N–H and O–H groups in total. The number of pyridine rings is 1. The number of aryl methyl sites for hydroxylation is 1. The van der Waals surface area contributed by atoms with Crippen LogP contribution in [0.15, 0.2) is 35.7 Å². The van der Waals surface area contributed by atoms with Crippen molar-refractivity contribution in [3.63, 3.8) is 0 Å². The number of carbonyl (C=O) groups is 1. The summed E-state index contributed by atoms with van der Waals surface area (Å²) in [7, 11) is 1.85. The summed E-state index contributed by atoms with van der Waals surface area (Å²) in [5.74, 6) is 1.38. The van der Waals surface area contributed by atoms with Gasteiger partial charge in [-0.05, 0) is 19.4 Å². The van der Waals surface area contributed by atoms with Crippen molar-refractivity contribution in [1.29, 1.82) is 0 Å². The fourth-order valence-electron chi connectivity index (χ4n) is 3.25. The molecule has 3 heterocycles. The highest BCUT2D eigenvalue weighted by Gasteiger charge is 2.27. The zero-order valence-electron chi connectivity index (χ0n) is 18.5. The second-order valence-electron chi connectivity index (χ2n) is 7.18. The third kappa shape index (κ3) is 6.81. The molecule has 1 fully saturated rings. The predicted octanol–water partition coefficient (Wildman–Crippen LogP) is 2.43. The predicted molar refractivity (Wildman–Crippen MR) is 132 cm³/mol. The fraction of sp³-hybridized carbons (Fsp3) is 0.524. The van der Waals surface area contributed by atoms with E-state index in [0.29, 0.717) is 32.1 Å². The van der Waals surface area contributed by atoms with Gasteiger partial charge in [0.05, 0.1) is 25.0 Å². The van der Waals surface area contributed by atoms with Gasteiger partial charge in [-0.1, -0.05) is 19.4 Å². The second kappa shape index (κ2) is 12.5. The van der Waals surface area contributed by atoms with Crippen LogP contribution in [-0.2, 0) is 18.4 Å². The van der Waals surface area contributed by atoms with E-state index in [1.54, 1.807) is 22.0 Å². The van der Waals surface area contributed by atoms with Gasteiger partial charge in [-0.2, -0.15) is 5.10 Å². The molecular formula is C21H32IN7O2. The number of nitrogens with zero attached hydrogens (tertiary/aromatic N) is 6. The van der Waals surface area contributed by atoms with E-state index in [9.17, 15) is 4.79 Å². The molecule has 0 spiro atoms. The van der Waals surface area contributed by atoms with Crippen molar-refractivity contribution in [2.45, 2.75) is 33.2 Å². The largest absolute Gasteiger partial charge is 0.477 e. The van der Waals surface area contributed by atoms with Crippen molar-refractivity contribution in [2.75, 3.05) is 37.7 Å². The Morgan fingerprint density at radius 1 is 1.32 bits per heavy atom. The van der Waals surface area contributed by atoms with Crippen LogP contribution < -0.4 is 15.0 Å². The molecule has 0 bridgehead atoms. The van der Waals surface area contributed by atoms with Gasteiger partial charge >= 0.3 is 0 Å². The first-order valence-corrected chi connectivity index (χ1v) is 10.5. The van der Waals surface area contributed by atoms with Crippen LogP contribution in [0.3, 0.4) is 0 Å². The van der Waals surface area contributed by atoms with Crippen LogP contribution in [0.5, 0.6) is 5.88 Å². The number of guanidine groups is 1. The van der Waals surface area contributed by atoms with Crippen molar-refractivity contribution < 1.29 is 9.53 Å². The number of unbranched alkanes of at least 4 members (excludes halogenated alkanes) is 1. The number of halogens is 1. The van der Waals surface area contributed by atoms with Crippen LogP contribution in [0.2, 0.25) is 0 Å². The van der Waals surface area contributed by atoms with Crippen LogP contribution >= 0.6 is 24.0 Å². The molecule has 31 heavy (non-hydrogen) atoms. The van der Waals surface area contributed by atoms with Crippen molar-refractivity contribution in [1.82, 2.24) is 25.0 Å². The number of hydrogen-bond donors (Lipinski definition) is 1. The van der Waals surface area contributed by atoms with E-state index in [1.807, 2.05) is 37.2 Å². The minimum atomic E-state index is 0. The summed E-state index contributed by atoms with van der Waals surface area (Å²) >= 11 is 0. The normalized spacial score (nSPS) is 14.4. The molecule has 1 aliphatic heterocycles. The number of aliphatic imine (C=N–C) groups is 1. The Balaban J connectivity index is 0.00000341. The van der Waals surface area contributed by atoms with Gasteiger partial charge in [0.1, 0.15) is 6.54 Å². The molecule has 1 saturated heterocycles. The van der Waals surface area contributed by atoms with Gasteiger partial charge in [-0.15, -0.1) is 24.0 Å². The lowest BCUT2D eigenvalue weighted by molar-refractivity contribution is -0.120. The van der Waals surface area contributed by atoms with Crippen molar-refractivity contribution >= 4 is 41.5 Å². The van der Waals surface area contributed by atoms with E-state index < -0.39 is 0 Å². The number of aromatic nitrogens is 3. The van der Waals surface area contributed by atoms with Crippen LogP contribution in [0.25, 0.3) is 0 Å². The van der Waals surface area contributed by atoms with Crippen LogP contribution in [-0.4, -0.2) is 64.3 Å². The average molecular weight is 541 g/mol. The van der Waals surface area contributed by atoms with Crippen molar-refractivity contribution in [2.24, 2.45) is 12.0 Å². The smallest absolute Gasteiger partial charge is 0.246 e. The number of piperazine rings is 1. The zero-order valence-corrected chi connectivity index (χ0v) is 20.8. The number of rotatable bonds is 8. The van der Waals surface area contributed by atoms with E-state index in [-0.39, 0.29) is 36.4 Å². The van der Waals surface area contributed by atoms with Gasteiger partial charge in [0.15, 0.2) is 5.96 Å². The number of anilines is 1. The maximum atomic E-state index is 12.7. The second-order valence-corrected chi connectivity index (χ2v) is 7.18. The highest BCUT2D eigenvalue weighted by Crippen LogP contribution is 2.18. The van der Waals surface area contributed by atoms with Gasteiger partial charge in [-0.25, -0.2) is 9.98 Å². The van der Waals surface area contributed by atoms with Gasteiger partial charge < -0.3 is 19.9 Å². The molecule has 0 atom stereocenters. The Kier molecular flexibility index (Phi) is 10.0. The number of nitrogens with one attached hydrogen (secondary N) is 1. The molecule has 1 aliphatic rings. The maximum Gasteiger partial charge on any atom is 0.246 e. The summed E-state index contributed by atoms with van der Waals surface area (Å²) < 4.78 is 7.52. The lowest BCUT2D eigenvalue weighted by Crippen LogP contribution is -2.55. The van der Waals surface area contributed by atoms with Gasteiger partial charge in [0.2, 0.25) is 11.8 Å². The maximum absolute atomic E-state index is 12.7. The first-order chi connectivity index (χ1) is 14.6. The van der Waals surface area contributed by atoms with E-state index >= 15 is 0 Å². The van der Waals surface area contributed by atoms with Gasteiger partial charge in [0.25, 0.3) is 0 Å². The minimum Gasteiger partial charge on any atom is -0.477 e. The number of amides is 1. The average Bonchev–Trinajstić information content (AvgIpc) is 3.18. The zero-order chi connectivity index (χ0) is 21.3. The summed E-state index contributed by atoms with van der Waals surface area (Å²) in [4.78, 5) is 25.6. The number of carbonyl (C=O) groups excluding carboxylic acids is 1. The third-order valence-corrected chi connectivity index (χ3v) is 4.84. The van der Waals surface area contributed by atoms with E-state index in [1.165, 1.54) is 0 Å². The van der Waals surface area contributed by atoms with Crippen LogP contribution in [0, 0.1) is 0 Å². The van der Waals surface area contributed by atoms with Crippen LogP contribution in [0.1, 0.15) is 32.3 Å². The highest BCUT2D eigenvalue weighted by molar-refractivity contribution is 14.0. The summed E-state index contributed by atoms with van der Waals surface area (Å²) in [5.41, 5.74) is 1.76. The Labute approximate surface area is 200 Å². The first kappa shape index (κ1) is 24.9. The van der Waals surface area contributed by atoms with Crippen molar-refractivity contribution in [3.05, 3.63) is 36.3 Å². The first-order valence-electron chi connectivity index (χ1n) is 10.5. The number of ether oxygens (including phenoxy) is 1. The SMILES string of the molecule is CCCCOc1ncccc1CN=C(NCC)N1CCN(c2cnn(C)c2)C(=O)C1.I. The molecule has 170 valence electrons. The molecule has 0 saturated carbocycles. The van der Waals surface area contributed by atoms with Crippen LogP contribution in [0.4, 0.5) is 5.69 Å². The van der Waals surface area contributed by atoms with Gasteiger partial charge in [0, 0.05) is 44.6 Å². The molecule has 2 aromatic heterocycles. The summed E-state index contributed by atoms with van der Waals surface area (Å²) in [6.45, 7) is 7.52. The molecule has 3 rings (SSSR count). The molecule has 1 amide bonds. The topological polar surface area (TPSA) is 87.9 Å². The lowest BCUT2D eigenvalue weighted by Gasteiger charge is -2.35. The molecule has 2 aromatic rings. The summed E-state index contributed by atoms with van der Waals surface area (Å²) in [6.07, 6.45) is 7.37. The monoisotopic (exact) mass is 541 g/mol. The Hall–Kier alpha value is -2.37. The number of hydrogen-bond acceptors (Lipinski definition) is 5. The standard InChI is InChI=1S/C21H31N7O2.HI/c1-4-6-12-30-20-17(8-7-9-23-20)13-24-21(22-5-2)27-10-11-28(19(29)16-27)18-14-25-26(3)15-18;/h7-9,14-15H,4-6,10-13,16H2,1-3H3,(H,22,24);1H. The Bertz CT molecular complexity index is 871. The molecular weight excluding hydrogens is 509 g/mol. The van der Waals surface area contributed by atoms with Crippen molar-refractivity contribution in [3.8, 4) is 5.88 Å². The molecule has 0 aromatic carbocycles. The molecule has 9 nitrogen and oxygen atoms in total. The highest BCUT2D eigenvalue weighted by atomic mass is 127. The lowest BCUT2D eigenvalue weighted by atomic mass is 10.2. The third-order valence-electron chi connectivity index (χ3n) is 4.84. The molecule has 0 unspecified atom stereocenters. The Morgan fingerprint density at radius 3 is 2.84 bits per heavy atom. The van der Waals surface area contributed by atoms with E-state index in [0.717, 1.165) is 36.6 Å². The molecule has 0 aliphatic carbocycles. The molecule has 0 radical (unpaired) electrons. The fourth-order valence-corrected chi connectivity index (χ4v) is 3.25. The quantitative estimate of drug-likeness (QED) is 0.239. The van der Waals surface area contributed by atoms with E-state index in [4.69, 9.17) is 9.73 Å². The van der Waals surface area contributed by atoms with Gasteiger partial charge in [-0.3, -0.25) is 9.48 Å². The Morgan fingerprint density at radius 2 is 2.16 bits per heavy atom.